The molecule has 0 radical (unpaired) electrons. The predicted octanol–water partition coefficient (Wildman–Crippen LogP) is 3.48. The van der Waals surface area contributed by atoms with Crippen molar-refractivity contribution in [3.8, 4) is 34.5 Å². The molecule has 2 rings (SSSR count). The van der Waals surface area contributed by atoms with E-state index in [1.54, 1.807) is 6.92 Å². The third-order valence-electron chi connectivity index (χ3n) is 3.13. The highest BCUT2D eigenvalue weighted by Gasteiger charge is 2.01. The standard InChI is InChI=1S/C19H21NO2/c1-2-3-13-22-19-7-4-6-17(15-19)16-8-10-18(11-9-16)21-14-5-12-20/h4,6-11,15H,5,12-14,20H2,1H3. The van der Waals surface area contributed by atoms with E-state index in [4.69, 9.17) is 15.2 Å². The summed E-state index contributed by atoms with van der Waals surface area (Å²) in [4.78, 5) is 0. The third kappa shape index (κ3) is 4.83. The molecule has 114 valence electrons. The summed E-state index contributed by atoms with van der Waals surface area (Å²) in [7, 11) is 0. The maximum absolute atomic E-state index is 5.61. The van der Waals surface area contributed by atoms with E-state index in [-0.39, 0.29) is 0 Å². The van der Waals surface area contributed by atoms with Gasteiger partial charge in [-0.1, -0.05) is 30.2 Å². The van der Waals surface area contributed by atoms with Crippen LogP contribution in [0.4, 0.5) is 0 Å². The van der Waals surface area contributed by atoms with Crippen molar-refractivity contribution >= 4 is 0 Å². The first-order valence-corrected chi connectivity index (χ1v) is 7.39. The topological polar surface area (TPSA) is 44.5 Å². The summed E-state index contributed by atoms with van der Waals surface area (Å²) in [6.45, 7) is 3.51. The van der Waals surface area contributed by atoms with Crippen LogP contribution in [0.5, 0.6) is 11.5 Å². The highest BCUT2D eigenvalue weighted by atomic mass is 16.5. The monoisotopic (exact) mass is 295 g/mol. The number of benzene rings is 2. The minimum atomic E-state index is 0.411. The smallest absolute Gasteiger partial charge is 0.149 e. The molecule has 0 unspecified atom stereocenters. The van der Waals surface area contributed by atoms with Crippen LogP contribution < -0.4 is 15.2 Å². The second-order valence-corrected chi connectivity index (χ2v) is 4.76. The Balaban J connectivity index is 2.04. The lowest BCUT2D eigenvalue weighted by Gasteiger charge is -2.08. The van der Waals surface area contributed by atoms with E-state index in [9.17, 15) is 0 Å². The Morgan fingerprint density at radius 3 is 2.50 bits per heavy atom. The molecular weight excluding hydrogens is 274 g/mol. The molecule has 0 heterocycles. The molecule has 0 aliphatic carbocycles. The lowest BCUT2D eigenvalue weighted by atomic mass is 10.1. The van der Waals surface area contributed by atoms with Gasteiger partial charge in [0.2, 0.25) is 0 Å². The molecule has 0 amide bonds. The van der Waals surface area contributed by atoms with Crippen LogP contribution in [0.25, 0.3) is 11.1 Å². The molecule has 0 aromatic heterocycles. The normalized spacial score (nSPS) is 9.73. The summed E-state index contributed by atoms with van der Waals surface area (Å²) in [6.07, 6.45) is 0.863. The Morgan fingerprint density at radius 1 is 0.955 bits per heavy atom. The molecule has 2 N–H and O–H groups in total. The molecule has 0 bridgehead atoms. The van der Waals surface area contributed by atoms with Gasteiger partial charge < -0.3 is 15.2 Å². The Hall–Kier alpha value is -2.44. The van der Waals surface area contributed by atoms with E-state index in [2.05, 4.69) is 17.9 Å². The summed E-state index contributed by atoms with van der Waals surface area (Å²) in [5.41, 5.74) is 7.68. The van der Waals surface area contributed by atoms with Crippen molar-refractivity contribution < 1.29 is 9.47 Å². The Labute approximate surface area is 132 Å². The van der Waals surface area contributed by atoms with Crippen LogP contribution in [-0.2, 0) is 0 Å². The molecule has 0 atom stereocenters. The summed E-state index contributed by atoms with van der Waals surface area (Å²) >= 11 is 0. The van der Waals surface area contributed by atoms with Gasteiger partial charge in [0.05, 0.1) is 6.61 Å². The molecule has 0 saturated heterocycles. The van der Waals surface area contributed by atoms with Crippen LogP contribution >= 0.6 is 0 Å². The van der Waals surface area contributed by atoms with E-state index in [1.165, 1.54) is 0 Å². The van der Waals surface area contributed by atoms with Gasteiger partial charge in [-0.3, -0.25) is 0 Å². The molecular formula is C19H21NO2. The number of rotatable bonds is 7. The fraction of sp³-hybridized carbons (Fsp3) is 0.263. The van der Waals surface area contributed by atoms with E-state index in [1.807, 2.05) is 42.5 Å². The minimum absolute atomic E-state index is 0.411. The van der Waals surface area contributed by atoms with E-state index >= 15 is 0 Å². The maximum atomic E-state index is 5.61. The molecule has 3 nitrogen and oxygen atoms in total. The molecule has 0 saturated carbocycles. The molecule has 2 aromatic rings. The summed E-state index contributed by atoms with van der Waals surface area (Å²) in [5, 5.41) is 0. The molecule has 3 heteroatoms. The van der Waals surface area contributed by atoms with E-state index in [0.29, 0.717) is 19.8 Å². The summed E-state index contributed by atoms with van der Waals surface area (Å²) < 4.78 is 11.2. The highest BCUT2D eigenvalue weighted by molar-refractivity contribution is 5.65. The van der Waals surface area contributed by atoms with Crippen molar-refractivity contribution in [3.05, 3.63) is 48.5 Å². The number of hydrogen-bond donors (Lipinski definition) is 1. The van der Waals surface area contributed by atoms with Crippen molar-refractivity contribution in [2.75, 3.05) is 19.8 Å². The zero-order chi connectivity index (χ0) is 15.6. The minimum Gasteiger partial charge on any atom is -0.494 e. The van der Waals surface area contributed by atoms with Crippen LogP contribution in [0.15, 0.2) is 48.5 Å². The second-order valence-electron chi connectivity index (χ2n) is 4.76. The van der Waals surface area contributed by atoms with E-state index in [0.717, 1.165) is 29.0 Å². The summed E-state index contributed by atoms with van der Waals surface area (Å²) in [6, 6.07) is 16.0. The predicted molar refractivity (Wildman–Crippen MR) is 90.0 cm³/mol. The van der Waals surface area contributed by atoms with Gasteiger partial charge in [0.25, 0.3) is 0 Å². The maximum Gasteiger partial charge on any atom is 0.149 e. The van der Waals surface area contributed by atoms with Gasteiger partial charge >= 0.3 is 0 Å². The summed E-state index contributed by atoms with van der Waals surface area (Å²) in [5.74, 6) is 7.39. The first-order chi connectivity index (χ1) is 10.8. The van der Waals surface area contributed by atoms with Crippen molar-refractivity contribution in [2.24, 2.45) is 5.73 Å². The molecule has 0 spiro atoms. The largest absolute Gasteiger partial charge is 0.494 e. The quantitative estimate of drug-likeness (QED) is 0.628. The fourth-order valence-corrected chi connectivity index (χ4v) is 1.97. The molecule has 2 aromatic carbocycles. The van der Waals surface area contributed by atoms with Gasteiger partial charge in [-0.2, -0.15) is 0 Å². The average molecular weight is 295 g/mol. The Morgan fingerprint density at radius 2 is 1.77 bits per heavy atom. The van der Waals surface area contributed by atoms with E-state index < -0.39 is 0 Å². The van der Waals surface area contributed by atoms with Crippen LogP contribution in [-0.4, -0.2) is 19.8 Å². The van der Waals surface area contributed by atoms with Gasteiger partial charge in [0.1, 0.15) is 18.1 Å². The van der Waals surface area contributed by atoms with Gasteiger partial charge in [-0.15, -0.1) is 5.92 Å². The average Bonchev–Trinajstić information content (AvgIpc) is 2.56. The van der Waals surface area contributed by atoms with Gasteiger partial charge in [0, 0.05) is 0 Å². The molecule has 0 fully saturated rings. The van der Waals surface area contributed by atoms with Crippen LogP contribution in [0, 0.1) is 11.8 Å². The molecule has 0 aliphatic rings. The van der Waals surface area contributed by atoms with Gasteiger partial charge in [-0.25, -0.2) is 0 Å². The SMILES string of the molecule is CC#CCOc1cccc(-c2ccc(OCCCN)cc2)c1. The van der Waals surface area contributed by atoms with Gasteiger partial charge in [-0.05, 0) is 55.3 Å². The van der Waals surface area contributed by atoms with Crippen molar-refractivity contribution in [1.29, 1.82) is 0 Å². The number of hydrogen-bond acceptors (Lipinski definition) is 3. The van der Waals surface area contributed by atoms with Crippen molar-refractivity contribution in [1.82, 2.24) is 0 Å². The Kier molecular flexibility index (Phi) is 6.35. The third-order valence-corrected chi connectivity index (χ3v) is 3.13. The number of ether oxygens (including phenoxy) is 2. The lowest BCUT2D eigenvalue weighted by Crippen LogP contribution is -2.05. The first kappa shape index (κ1) is 15.9. The first-order valence-electron chi connectivity index (χ1n) is 7.39. The number of nitrogens with two attached hydrogens (primary N) is 1. The van der Waals surface area contributed by atoms with Crippen LogP contribution in [0.2, 0.25) is 0 Å². The fourth-order valence-electron chi connectivity index (χ4n) is 1.97. The van der Waals surface area contributed by atoms with Crippen molar-refractivity contribution in [2.45, 2.75) is 13.3 Å². The lowest BCUT2D eigenvalue weighted by molar-refractivity contribution is 0.313. The van der Waals surface area contributed by atoms with Crippen LogP contribution in [0.3, 0.4) is 0 Å². The second kappa shape index (κ2) is 8.76. The Bertz CT molecular complexity index is 638. The van der Waals surface area contributed by atoms with Crippen molar-refractivity contribution in [3.63, 3.8) is 0 Å². The molecule has 22 heavy (non-hydrogen) atoms. The van der Waals surface area contributed by atoms with Crippen LogP contribution in [0.1, 0.15) is 13.3 Å². The highest BCUT2D eigenvalue weighted by Crippen LogP contribution is 2.25. The molecule has 0 aliphatic heterocycles. The van der Waals surface area contributed by atoms with Gasteiger partial charge in [0.15, 0.2) is 0 Å². The zero-order valence-electron chi connectivity index (χ0n) is 12.8. The zero-order valence-corrected chi connectivity index (χ0v) is 12.8.